The maximum atomic E-state index is 11.4. The highest BCUT2D eigenvalue weighted by atomic mass is 16.6. The molecule has 1 fully saturated rings. The number of anilines is 1. The van der Waals surface area contributed by atoms with Crippen molar-refractivity contribution in [2.24, 2.45) is 5.92 Å². The Bertz CT molecular complexity index is 542. The van der Waals surface area contributed by atoms with E-state index in [9.17, 15) is 14.9 Å². The van der Waals surface area contributed by atoms with E-state index in [0.717, 1.165) is 19.4 Å². The first-order valence-electron chi connectivity index (χ1n) is 6.98. The van der Waals surface area contributed by atoms with Crippen LogP contribution in [-0.2, 0) is 0 Å². The lowest BCUT2D eigenvalue weighted by molar-refractivity contribution is -0.384. The molecular weight excluding hydrogens is 256 g/mol. The first-order valence-corrected chi connectivity index (χ1v) is 6.98. The van der Waals surface area contributed by atoms with Gasteiger partial charge in [0, 0.05) is 24.2 Å². The minimum Gasteiger partial charge on any atom is -0.363 e. The number of carbonyl (C=O) groups excluding carboxylic acids is 1. The average molecular weight is 276 g/mol. The molecule has 5 heteroatoms. The lowest BCUT2D eigenvalue weighted by Gasteiger charge is -2.39. The van der Waals surface area contributed by atoms with Gasteiger partial charge >= 0.3 is 0 Å². The van der Waals surface area contributed by atoms with Gasteiger partial charge in [-0.05, 0) is 44.7 Å². The van der Waals surface area contributed by atoms with Crippen LogP contribution in [0.1, 0.15) is 44.0 Å². The summed E-state index contributed by atoms with van der Waals surface area (Å²) in [6, 6.07) is 5.05. The number of benzene rings is 1. The van der Waals surface area contributed by atoms with Gasteiger partial charge in [-0.1, -0.05) is 6.92 Å². The van der Waals surface area contributed by atoms with Crippen molar-refractivity contribution >= 4 is 17.2 Å². The molecule has 0 bridgehead atoms. The summed E-state index contributed by atoms with van der Waals surface area (Å²) in [7, 11) is 0. The van der Waals surface area contributed by atoms with Crippen LogP contribution in [0.25, 0.3) is 0 Å². The molecule has 2 rings (SSSR count). The molecule has 1 aromatic carbocycles. The number of rotatable bonds is 3. The Morgan fingerprint density at radius 3 is 2.70 bits per heavy atom. The van der Waals surface area contributed by atoms with Crippen LogP contribution in [0.4, 0.5) is 11.4 Å². The van der Waals surface area contributed by atoms with Crippen molar-refractivity contribution in [1.29, 1.82) is 0 Å². The fourth-order valence-electron chi connectivity index (χ4n) is 2.81. The van der Waals surface area contributed by atoms with E-state index in [1.807, 2.05) is 0 Å². The van der Waals surface area contributed by atoms with E-state index >= 15 is 0 Å². The first kappa shape index (κ1) is 14.5. The van der Waals surface area contributed by atoms with E-state index in [1.54, 1.807) is 12.1 Å². The van der Waals surface area contributed by atoms with Gasteiger partial charge in [-0.25, -0.2) is 0 Å². The number of ketones is 1. The predicted molar refractivity (Wildman–Crippen MR) is 78.3 cm³/mol. The molecule has 0 radical (unpaired) electrons. The number of hydrogen-bond acceptors (Lipinski definition) is 4. The second-order valence-corrected chi connectivity index (χ2v) is 5.57. The smallest absolute Gasteiger partial charge is 0.293 e. The third-order valence-corrected chi connectivity index (χ3v) is 4.26. The Morgan fingerprint density at radius 1 is 1.40 bits per heavy atom. The zero-order valence-electron chi connectivity index (χ0n) is 12.1. The van der Waals surface area contributed by atoms with Crippen molar-refractivity contribution in [3.05, 3.63) is 33.9 Å². The molecular formula is C15H20N2O3. The largest absolute Gasteiger partial charge is 0.363 e. The van der Waals surface area contributed by atoms with Crippen LogP contribution in [0.3, 0.4) is 0 Å². The second-order valence-electron chi connectivity index (χ2n) is 5.57. The minimum atomic E-state index is -0.395. The monoisotopic (exact) mass is 276 g/mol. The number of nitrogens with zero attached hydrogens (tertiary/aromatic N) is 2. The molecule has 1 aliphatic heterocycles. The third-order valence-electron chi connectivity index (χ3n) is 4.26. The molecule has 0 spiro atoms. The predicted octanol–water partition coefficient (Wildman–Crippen LogP) is 3.42. The molecule has 1 saturated heterocycles. The Kier molecular flexibility index (Phi) is 4.06. The van der Waals surface area contributed by atoms with Gasteiger partial charge < -0.3 is 4.90 Å². The molecule has 108 valence electrons. The highest BCUT2D eigenvalue weighted by Gasteiger charge is 2.29. The zero-order chi connectivity index (χ0) is 14.9. The van der Waals surface area contributed by atoms with Gasteiger partial charge in [0.1, 0.15) is 5.69 Å². The van der Waals surface area contributed by atoms with Crippen molar-refractivity contribution in [1.82, 2.24) is 0 Å². The lowest BCUT2D eigenvalue weighted by atomic mass is 9.91. The highest BCUT2D eigenvalue weighted by molar-refractivity contribution is 5.95. The molecule has 20 heavy (non-hydrogen) atoms. The molecule has 0 aromatic heterocycles. The number of hydrogen-bond donors (Lipinski definition) is 0. The Morgan fingerprint density at radius 2 is 2.10 bits per heavy atom. The van der Waals surface area contributed by atoms with E-state index in [1.165, 1.54) is 13.0 Å². The Hall–Kier alpha value is -1.91. The zero-order valence-corrected chi connectivity index (χ0v) is 12.1. The van der Waals surface area contributed by atoms with Gasteiger partial charge in [0.05, 0.1) is 4.92 Å². The molecule has 1 heterocycles. The quantitative estimate of drug-likeness (QED) is 0.482. The molecule has 2 unspecified atom stereocenters. The Labute approximate surface area is 118 Å². The van der Waals surface area contributed by atoms with Crippen molar-refractivity contribution < 1.29 is 9.72 Å². The maximum absolute atomic E-state index is 11.4. The summed E-state index contributed by atoms with van der Waals surface area (Å²) in [4.78, 5) is 24.4. The summed E-state index contributed by atoms with van der Waals surface area (Å²) in [5.41, 5.74) is 1.04. The number of nitro groups is 1. The molecule has 2 atom stereocenters. The van der Waals surface area contributed by atoms with Crippen LogP contribution in [-0.4, -0.2) is 23.3 Å². The summed E-state index contributed by atoms with van der Waals surface area (Å²) in [5, 5.41) is 11.3. The van der Waals surface area contributed by atoms with Crippen LogP contribution >= 0.6 is 0 Å². The standard InChI is InChI=1S/C15H20N2O3/c1-10-5-4-8-16(11(10)2)14-7-6-13(12(3)18)9-15(14)17(19)20/h6-7,9-11H,4-5,8H2,1-3H3. The minimum absolute atomic E-state index is 0.0265. The van der Waals surface area contributed by atoms with Crippen molar-refractivity contribution in [3.63, 3.8) is 0 Å². The second kappa shape index (κ2) is 5.61. The van der Waals surface area contributed by atoms with Crippen LogP contribution in [0, 0.1) is 16.0 Å². The SMILES string of the molecule is CC(=O)c1ccc(N2CCCC(C)C2C)c([N+](=O)[O-])c1. The molecule has 0 saturated carbocycles. The van der Waals surface area contributed by atoms with E-state index < -0.39 is 4.92 Å². The van der Waals surface area contributed by atoms with Gasteiger partial charge in [-0.3, -0.25) is 14.9 Å². The van der Waals surface area contributed by atoms with Gasteiger partial charge in [0.15, 0.2) is 5.78 Å². The van der Waals surface area contributed by atoms with E-state index in [0.29, 0.717) is 17.2 Å². The summed E-state index contributed by atoms with van der Waals surface area (Å²) >= 11 is 0. The summed E-state index contributed by atoms with van der Waals surface area (Å²) < 4.78 is 0. The van der Waals surface area contributed by atoms with Crippen molar-refractivity contribution in [2.45, 2.75) is 39.7 Å². The third kappa shape index (κ3) is 2.66. The van der Waals surface area contributed by atoms with Gasteiger partial charge in [0.25, 0.3) is 5.69 Å². The molecule has 0 aliphatic carbocycles. The number of carbonyl (C=O) groups is 1. The fraction of sp³-hybridized carbons (Fsp3) is 0.533. The van der Waals surface area contributed by atoms with E-state index in [-0.39, 0.29) is 17.5 Å². The van der Waals surface area contributed by atoms with Crippen LogP contribution in [0.2, 0.25) is 0 Å². The summed E-state index contributed by atoms with van der Waals surface area (Å²) in [6.45, 7) is 6.52. The van der Waals surface area contributed by atoms with Crippen LogP contribution < -0.4 is 4.90 Å². The molecule has 1 aliphatic rings. The van der Waals surface area contributed by atoms with Crippen molar-refractivity contribution in [3.8, 4) is 0 Å². The Balaban J connectivity index is 2.45. The van der Waals surface area contributed by atoms with Crippen LogP contribution in [0.5, 0.6) is 0 Å². The topological polar surface area (TPSA) is 63.5 Å². The number of piperidine rings is 1. The molecule has 1 aromatic rings. The maximum Gasteiger partial charge on any atom is 0.293 e. The van der Waals surface area contributed by atoms with E-state index in [4.69, 9.17) is 0 Å². The summed E-state index contributed by atoms with van der Waals surface area (Å²) in [6.07, 6.45) is 2.19. The van der Waals surface area contributed by atoms with E-state index in [2.05, 4.69) is 18.7 Å². The lowest BCUT2D eigenvalue weighted by Crippen LogP contribution is -2.42. The van der Waals surface area contributed by atoms with Gasteiger partial charge in [0.2, 0.25) is 0 Å². The highest BCUT2D eigenvalue weighted by Crippen LogP contribution is 2.35. The van der Waals surface area contributed by atoms with Gasteiger partial charge in [-0.15, -0.1) is 0 Å². The summed E-state index contributed by atoms with van der Waals surface area (Å²) in [5.74, 6) is 0.357. The molecule has 5 nitrogen and oxygen atoms in total. The first-order chi connectivity index (χ1) is 9.41. The average Bonchev–Trinajstić information content (AvgIpc) is 2.41. The van der Waals surface area contributed by atoms with Crippen LogP contribution in [0.15, 0.2) is 18.2 Å². The van der Waals surface area contributed by atoms with Crippen molar-refractivity contribution in [2.75, 3.05) is 11.4 Å². The molecule has 0 amide bonds. The molecule has 0 N–H and O–H groups in total. The number of nitro benzene ring substituents is 1. The van der Waals surface area contributed by atoms with Gasteiger partial charge in [-0.2, -0.15) is 0 Å². The fourth-order valence-corrected chi connectivity index (χ4v) is 2.81. The number of Topliss-reactive ketones (excluding diaryl/α,β-unsaturated/α-hetero) is 1. The normalized spacial score (nSPS) is 22.6.